The third kappa shape index (κ3) is 5.44. The maximum atomic E-state index is 12.5. The smallest absolute Gasteiger partial charge is 0.399 e. The van der Waals surface area contributed by atoms with E-state index < -0.39 is 17.4 Å². The highest BCUT2D eigenvalue weighted by Crippen LogP contribution is 2.29. The quantitative estimate of drug-likeness (QED) is 0.577. The number of alkyl halides is 3. The molecule has 0 unspecified atom stereocenters. The summed E-state index contributed by atoms with van der Waals surface area (Å²) in [4.78, 5) is 0. The van der Waals surface area contributed by atoms with Gasteiger partial charge in [0.25, 0.3) is 0 Å². The molecule has 0 saturated carbocycles. The molecule has 0 heterocycles. The van der Waals surface area contributed by atoms with E-state index in [2.05, 4.69) is 6.58 Å². The Balaban J connectivity index is 4.94. The molecule has 0 radical (unpaired) electrons. The first-order chi connectivity index (χ1) is 7.29. The van der Waals surface area contributed by atoms with Crippen molar-refractivity contribution in [2.45, 2.75) is 26.4 Å². The molecule has 0 aromatic heterocycles. The molecule has 90 valence electrons. The first kappa shape index (κ1) is 14.5. The SMILES string of the molecule is C=C(N)/C(=C\C(C)=C/C/C=C/C)C(F)(F)F. The average molecular weight is 231 g/mol. The van der Waals surface area contributed by atoms with Gasteiger partial charge in [-0.25, -0.2) is 0 Å². The summed E-state index contributed by atoms with van der Waals surface area (Å²) in [5.74, 6) is 0. The van der Waals surface area contributed by atoms with Crippen LogP contribution in [0.1, 0.15) is 20.3 Å². The van der Waals surface area contributed by atoms with Crippen molar-refractivity contribution in [2.75, 3.05) is 0 Å². The second-order valence-corrected chi connectivity index (χ2v) is 3.33. The molecule has 0 saturated heterocycles. The predicted octanol–water partition coefficient (Wildman–Crippen LogP) is 3.86. The minimum atomic E-state index is -4.46. The average Bonchev–Trinajstić information content (AvgIpc) is 2.12. The Kier molecular flexibility index (Phi) is 5.64. The van der Waals surface area contributed by atoms with Crippen molar-refractivity contribution >= 4 is 0 Å². The van der Waals surface area contributed by atoms with Gasteiger partial charge in [0.15, 0.2) is 0 Å². The molecule has 0 aliphatic carbocycles. The summed E-state index contributed by atoms with van der Waals surface area (Å²) >= 11 is 0. The second-order valence-electron chi connectivity index (χ2n) is 3.33. The van der Waals surface area contributed by atoms with Crippen LogP contribution in [0.2, 0.25) is 0 Å². The predicted molar refractivity (Wildman–Crippen MR) is 60.7 cm³/mol. The maximum absolute atomic E-state index is 12.5. The first-order valence-corrected chi connectivity index (χ1v) is 4.80. The molecule has 0 spiro atoms. The van der Waals surface area contributed by atoms with Crippen molar-refractivity contribution in [1.82, 2.24) is 0 Å². The Morgan fingerprint density at radius 1 is 1.38 bits per heavy atom. The van der Waals surface area contributed by atoms with Crippen molar-refractivity contribution < 1.29 is 13.2 Å². The van der Waals surface area contributed by atoms with Gasteiger partial charge in [0.05, 0.1) is 5.57 Å². The van der Waals surface area contributed by atoms with Crippen LogP contribution < -0.4 is 5.73 Å². The maximum Gasteiger partial charge on any atom is 0.418 e. The van der Waals surface area contributed by atoms with Crippen LogP contribution in [-0.2, 0) is 0 Å². The molecule has 0 aromatic carbocycles. The van der Waals surface area contributed by atoms with Crippen LogP contribution in [0, 0.1) is 0 Å². The van der Waals surface area contributed by atoms with Crippen molar-refractivity contribution in [2.24, 2.45) is 5.73 Å². The summed E-state index contributed by atoms with van der Waals surface area (Å²) in [6.07, 6.45) is 2.52. The number of halogens is 3. The van der Waals surface area contributed by atoms with Gasteiger partial charge < -0.3 is 5.73 Å². The van der Waals surface area contributed by atoms with E-state index in [1.54, 1.807) is 13.0 Å². The number of nitrogens with two attached hydrogens (primary N) is 1. The number of rotatable bonds is 4. The van der Waals surface area contributed by atoms with Gasteiger partial charge in [-0.2, -0.15) is 13.2 Å². The molecule has 2 N–H and O–H groups in total. The third-order valence-electron chi connectivity index (χ3n) is 1.83. The van der Waals surface area contributed by atoms with Gasteiger partial charge in [-0.1, -0.05) is 30.4 Å². The lowest BCUT2D eigenvalue weighted by atomic mass is 10.1. The van der Waals surface area contributed by atoms with Crippen molar-refractivity contribution in [3.8, 4) is 0 Å². The molecule has 0 atom stereocenters. The second kappa shape index (κ2) is 6.20. The fraction of sp³-hybridized carbons (Fsp3) is 0.333. The van der Waals surface area contributed by atoms with E-state index in [1.807, 2.05) is 19.1 Å². The molecule has 0 bridgehead atoms. The van der Waals surface area contributed by atoms with Crippen LogP contribution in [0.5, 0.6) is 0 Å². The molecule has 0 fully saturated rings. The van der Waals surface area contributed by atoms with Crippen LogP contribution >= 0.6 is 0 Å². The molecule has 1 nitrogen and oxygen atoms in total. The van der Waals surface area contributed by atoms with Gasteiger partial charge in [0, 0.05) is 5.70 Å². The summed E-state index contributed by atoms with van der Waals surface area (Å²) in [5.41, 5.74) is 4.26. The molecular formula is C12H16F3N. The standard InChI is InChI=1S/C12H16F3N/c1-4-5-6-7-9(2)8-11(10(3)16)12(13,14)15/h4-5,7-8H,3,6,16H2,1-2H3/b5-4+,9-7-,11-8+. The summed E-state index contributed by atoms with van der Waals surface area (Å²) < 4.78 is 37.4. The zero-order chi connectivity index (χ0) is 12.8. The van der Waals surface area contributed by atoms with E-state index in [9.17, 15) is 13.2 Å². The monoisotopic (exact) mass is 231 g/mol. The lowest BCUT2D eigenvalue weighted by molar-refractivity contribution is -0.0894. The molecular weight excluding hydrogens is 215 g/mol. The molecule has 0 amide bonds. The number of hydrogen-bond donors (Lipinski definition) is 1. The van der Waals surface area contributed by atoms with Gasteiger partial charge in [-0.05, 0) is 26.3 Å². The van der Waals surface area contributed by atoms with E-state index in [1.165, 1.54) is 0 Å². The van der Waals surface area contributed by atoms with E-state index in [4.69, 9.17) is 5.73 Å². The highest BCUT2D eigenvalue weighted by molar-refractivity contribution is 5.36. The Bertz CT molecular complexity index is 333. The molecule has 0 aliphatic rings. The number of allylic oxidation sites excluding steroid dienone is 6. The minimum Gasteiger partial charge on any atom is -0.399 e. The lowest BCUT2D eigenvalue weighted by Gasteiger charge is -2.11. The van der Waals surface area contributed by atoms with Gasteiger partial charge in [-0.3, -0.25) is 0 Å². The highest BCUT2D eigenvalue weighted by atomic mass is 19.4. The normalized spacial score (nSPS) is 14.6. The first-order valence-electron chi connectivity index (χ1n) is 4.80. The van der Waals surface area contributed by atoms with Gasteiger partial charge in [0.1, 0.15) is 0 Å². The minimum absolute atomic E-state index is 0.466. The summed E-state index contributed by atoms with van der Waals surface area (Å²) in [5, 5.41) is 0. The molecule has 0 aromatic rings. The third-order valence-corrected chi connectivity index (χ3v) is 1.83. The molecule has 16 heavy (non-hydrogen) atoms. The Morgan fingerprint density at radius 2 is 1.94 bits per heavy atom. The van der Waals surface area contributed by atoms with Gasteiger partial charge in [-0.15, -0.1) is 0 Å². The number of hydrogen-bond acceptors (Lipinski definition) is 1. The fourth-order valence-corrected chi connectivity index (χ4v) is 1.03. The van der Waals surface area contributed by atoms with E-state index in [-0.39, 0.29) is 0 Å². The Labute approximate surface area is 93.8 Å². The zero-order valence-electron chi connectivity index (χ0n) is 9.43. The van der Waals surface area contributed by atoms with Crippen molar-refractivity contribution in [1.29, 1.82) is 0 Å². The van der Waals surface area contributed by atoms with E-state index in [0.29, 0.717) is 12.0 Å². The Morgan fingerprint density at radius 3 is 2.31 bits per heavy atom. The van der Waals surface area contributed by atoms with Crippen LogP contribution in [0.3, 0.4) is 0 Å². The topological polar surface area (TPSA) is 26.0 Å². The molecule has 0 aliphatic heterocycles. The van der Waals surface area contributed by atoms with Crippen LogP contribution in [-0.4, -0.2) is 6.18 Å². The highest BCUT2D eigenvalue weighted by Gasteiger charge is 2.34. The van der Waals surface area contributed by atoms with Crippen molar-refractivity contribution in [3.63, 3.8) is 0 Å². The fourth-order valence-electron chi connectivity index (χ4n) is 1.03. The van der Waals surface area contributed by atoms with Crippen LogP contribution in [0.25, 0.3) is 0 Å². The summed E-state index contributed by atoms with van der Waals surface area (Å²) in [6.45, 7) is 6.56. The largest absolute Gasteiger partial charge is 0.418 e. The lowest BCUT2D eigenvalue weighted by Crippen LogP contribution is -2.17. The van der Waals surface area contributed by atoms with Crippen molar-refractivity contribution in [3.05, 3.63) is 47.7 Å². The van der Waals surface area contributed by atoms with Crippen LogP contribution in [0.15, 0.2) is 47.7 Å². The summed E-state index contributed by atoms with van der Waals surface area (Å²) in [7, 11) is 0. The Hall–Kier alpha value is -1.45. The molecule has 4 heteroatoms. The van der Waals surface area contributed by atoms with E-state index in [0.717, 1.165) is 6.08 Å². The molecule has 0 rings (SSSR count). The van der Waals surface area contributed by atoms with Gasteiger partial charge >= 0.3 is 6.18 Å². The zero-order valence-corrected chi connectivity index (χ0v) is 9.43. The van der Waals surface area contributed by atoms with Crippen LogP contribution in [0.4, 0.5) is 13.2 Å². The van der Waals surface area contributed by atoms with Gasteiger partial charge in [0.2, 0.25) is 0 Å². The summed E-state index contributed by atoms with van der Waals surface area (Å²) in [6, 6.07) is 0. The van der Waals surface area contributed by atoms with E-state index >= 15 is 0 Å².